The van der Waals surface area contributed by atoms with Gasteiger partial charge >= 0.3 is 0 Å². The maximum atomic E-state index is 12.1. The number of carbonyl (C=O) groups excluding carboxylic acids is 2. The second-order valence-corrected chi connectivity index (χ2v) is 6.05. The lowest BCUT2D eigenvalue weighted by atomic mass is 10.2. The van der Waals surface area contributed by atoms with Gasteiger partial charge in [0.15, 0.2) is 11.5 Å². The van der Waals surface area contributed by atoms with Gasteiger partial charge in [-0.2, -0.15) is 0 Å². The van der Waals surface area contributed by atoms with Crippen molar-refractivity contribution in [2.75, 3.05) is 6.61 Å². The minimum atomic E-state index is -0.831. The number of nitrogens with one attached hydrogen (secondary N) is 2. The normalized spacial score (nSPS) is 15.6. The summed E-state index contributed by atoms with van der Waals surface area (Å²) in [6, 6.07) is 14.6. The van der Waals surface area contributed by atoms with Gasteiger partial charge in [0.2, 0.25) is 6.10 Å². The van der Waals surface area contributed by atoms with Crippen LogP contribution >= 0.6 is 15.9 Å². The van der Waals surface area contributed by atoms with Crippen LogP contribution in [0.25, 0.3) is 6.08 Å². The van der Waals surface area contributed by atoms with Gasteiger partial charge in [0.25, 0.3) is 11.8 Å². The van der Waals surface area contributed by atoms with Gasteiger partial charge in [0, 0.05) is 10.5 Å². The monoisotopic (exact) mass is 402 g/mol. The molecule has 0 aromatic heterocycles. The lowest BCUT2D eigenvalue weighted by Crippen LogP contribution is -2.50. The maximum absolute atomic E-state index is 12.1. The molecule has 0 radical (unpaired) electrons. The second-order valence-electron chi connectivity index (χ2n) is 5.20. The van der Waals surface area contributed by atoms with Gasteiger partial charge in [0.05, 0.1) is 0 Å². The first-order valence-corrected chi connectivity index (χ1v) is 8.34. The molecule has 6 nitrogen and oxygen atoms in total. The fraction of sp³-hybridized carbons (Fsp3) is 0.111. The van der Waals surface area contributed by atoms with Crippen LogP contribution in [0, 0.1) is 0 Å². The molecule has 0 saturated carbocycles. The largest absolute Gasteiger partial charge is 0.485 e. The van der Waals surface area contributed by atoms with Gasteiger partial charge in [-0.15, -0.1) is 0 Å². The first-order chi connectivity index (χ1) is 12.1. The number of hydrazine groups is 1. The number of hydrogen-bond acceptors (Lipinski definition) is 4. The van der Waals surface area contributed by atoms with E-state index in [1.165, 1.54) is 6.08 Å². The van der Waals surface area contributed by atoms with Gasteiger partial charge in [-0.1, -0.05) is 46.3 Å². The molecule has 1 aliphatic heterocycles. The van der Waals surface area contributed by atoms with Crippen molar-refractivity contribution < 1.29 is 19.1 Å². The summed E-state index contributed by atoms with van der Waals surface area (Å²) < 4.78 is 11.9. The predicted molar refractivity (Wildman–Crippen MR) is 95.8 cm³/mol. The summed E-state index contributed by atoms with van der Waals surface area (Å²) in [6.45, 7) is 0.0749. The summed E-state index contributed by atoms with van der Waals surface area (Å²) >= 11 is 3.39. The van der Waals surface area contributed by atoms with E-state index in [9.17, 15) is 9.59 Å². The van der Waals surface area contributed by atoms with Gasteiger partial charge in [-0.25, -0.2) is 0 Å². The SMILES string of the molecule is O=C(C=Cc1ccccc1Br)NNC(=O)C1COc2ccccc2O1. The minimum Gasteiger partial charge on any atom is -0.485 e. The Morgan fingerprint density at radius 3 is 2.56 bits per heavy atom. The number of para-hydroxylation sites is 2. The van der Waals surface area contributed by atoms with Gasteiger partial charge in [0.1, 0.15) is 6.61 Å². The van der Waals surface area contributed by atoms with Crippen molar-refractivity contribution in [2.24, 2.45) is 0 Å². The molecule has 0 saturated heterocycles. The van der Waals surface area contributed by atoms with Crippen molar-refractivity contribution in [1.82, 2.24) is 10.9 Å². The average molecular weight is 403 g/mol. The Kier molecular flexibility index (Phi) is 5.35. The number of amides is 2. The van der Waals surface area contributed by atoms with E-state index in [-0.39, 0.29) is 6.61 Å². The van der Waals surface area contributed by atoms with Crippen LogP contribution < -0.4 is 20.3 Å². The molecule has 1 aliphatic rings. The standard InChI is InChI=1S/C18H15BrN2O4/c19-13-6-2-1-5-12(13)9-10-17(22)20-21-18(23)16-11-24-14-7-3-4-8-15(14)25-16/h1-10,16H,11H2,(H,20,22)(H,21,23). The Labute approximate surface area is 152 Å². The predicted octanol–water partition coefficient (Wildman–Crippen LogP) is 2.45. The number of fused-ring (bicyclic) bond motifs is 1. The summed E-state index contributed by atoms with van der Waals surface area (Å²) in [6.07, 6.45) is 2.14. The van der Waals surface area contributed by atoms with Crippen LogP contribution in [0.4, 0.5) is 0 Å². The molecule has 0 aliphatic carbocycles. The van der Waals surface area contributed by atoms with Crippen LogP contribution in [0.3, 0.4) is 0 Å². The molecule has 1 unspecified atom stereocenters. The lowest BCUT2D eigenvalue weighted by Gasteiger charge is -2.25. The average Bonchev–Trinajstić information content (AvgIpc) is 2.65. The van der Waals surface area contributed by atoms with Crippen LogP contribution in [0.15, 0.2) is 59.1 Å². The van der Waals surface area contributed by atoms with E-state index in [0.717, 1.165) is 10.0 Å². The van der Waals surface area contributed by atoms with E-state index in [1.54, 1.807) is 24.3 Å². The molecule has 7 heteroatoms. The molecule has 0 fully saturated rings. The van der Waals surface area contributed by atoms with Crippen molar-refractivity contribution in [3.05, 3.63) is 64.6 Å². The summed E-state index contributed by atoms with van der Waals surface area (Å²) in [5.74, 6) is 0.138. The van der Waals surface area contributed by atoms with E-state index >= 15 is 0 Å². The first kappa shape index (κ1) is 17.0. The summed E-state index contributed by atoms with van der Waals surface area (Å²) in [4.78, 5) is 23.9. The molecule has 3 rings (SSSR count). The van der Waals surface area contributed by atoms with E-state index < -0.39 is 17.9 Å². The van der Waals surface area contributed by atoms with Crippen molar-refractivity contribution in [3.8, 4) is 11.5 Å². The van der Waals surface area contributed by atoms with Crippen molar-refractivity contribution in [1.29, 1.82) is 0 Å². The zero-order valence-corrected chi connectivity index (χ0v) is 14.7. The minimum absolute atomic E-state index is 0.0749. The number of ether oxygens (including phenoxy) is 2. The Bertz CT molecular complexity index is 822. The Hall–Kier alpha value is -2.80. The number of halogens is 1. The molecule has 0 bridgehead atoms. The highest BCUT2D eigenvalue weighted by Gasteiger charge is 2.27. The van der Waals surface area contributed by atoms with E-state index in [1.807, 2.05) is 30.3 Å². The second kappa shape index (κ2) is 7.85. The van der Waals surface area contributed by atoms with E-state index in [2.05, 4.69) is 26.8 Å². The van der Waals surface area contributed by atoms with Crippen LogP contribution in [0.2, 0.25) is 0 Å². The number of hydrogen-bond donors (Lipinski definition) is 2. The molecule has 2 aromatic rings. The molecule has 25 heavy (non-hydrogen) atoms. The van der Waals surface area contributed by atoms with Crippen molar-refractivity contribution in [3.63, 3.8) is 0 Å². The van der Waals surface area contributed by atoms with Crippen LogP contribution in [-0.2, 0) is 9.59 Å². The number of benzene rings is 2. The van der Waals surface area contributed by atoms with Crippen molar-refractivity contribution in [2.45, 2.75) is 6.10 Å². The van der Waals surface area contributed by atoms with Gasteiger partial charge in [-0.3, -0.25) is 20.4 Å². The fourth-order valence-electron chi connectivity index (χ4n) is 2.17. The third-order valence-electron chi connectivity index (χ3n) is 3.43. The molecule has 2 amide bonds. The highest BCUT2D eigenvalue weighted by atomic mass is 79.9. The third-order valence-corrected chi connectivity index (χ3v) is 4.15. The summed E-state index contributed by atoms with van der Waals surface area (Å²) in [5.41, 5.74) is 5.50. The Balaban J connectivity index is 1.51. The quantitative estimate of drug-likeness (QED) is 0.610. The first-order valence-electron chi connectivity index (χ1n) is 7.54. The van der Waals surface area contributed by atoms with E-state index in [0.29, 0.717) is 11.5 Å². The summed E-state index contributed by atoms with van der Waals surface area (Å²) in [7, 11) is 0. The smallest absolute Gasteiger partial charge is 0.283 e. The van der Waals surface area contributed by atoms with Crippen LogP contribution in [0.5, 0.6) is 11.5 Å². The maximum Gasteiger partial charge on any atom is 0.283 e. The van der Waals surface area contributed by atoms with Crippen LogP contribution in [0.1, 0.15) is 5.56 Å². The molecule has 128 valence electrons. The Morgan fingerprint density at radius 2 is 1.76 bits per heavy atom. The molecule has 1 heterocycles. The van der Waals surface area contributed by atoms with E-state index in [4.69, 9.17) is 9.47 Å². The molecule has 2 N–H and O–H groups in total. The lowest BCUT2D eigenvalue weighted by molar-refractivity contribution is -0.134. The molecular formula is C18H15BrN2O4. The highest BCUT2D eigenvalue weighted by Crippen LogP contribution is 2.30. The zero-order chi connectivity index (χ0) is 17.6. The van der Waals surface area contributed by atoms with Gasteiger partial charge < -0.3 is 9.47 Å². The molecule has 2 aromatic carbocycles. The number of rotatable bonds is 3. The topological polar surface area (TPSA) is 76.7 Å². The fourth-order valence-corrected chi connectivity index (χ4v) is 2.59. The zero-order valence-electron chi connectivity index (χ0n) is 13.1. The Morgan fingerprint density at radius 1 is 1.04 bits per heavy atom. The molecular weight excluding hydrogens is 388 g/mol. The van der Waals surface area contributed by atoms with Crippen molar-refractivity contribution >= 4 is 33.8 Å². The summed E-state index contributed by atoms with van der Waals surface area (Å²) in [5, 5.41) is 0. The number of carbonyl (C=O) groups is 2. The highest BCUT2D eigenvalue weighted by molar-refractivity contribution is 9.10. The third kappa shape index (κ3) is 4.39. The molecule has 1 atom stereocenters. The van der Waals surface area contributed by atoms with Gasteiger partial charge in [-0.05, 0) is 29.8 Å². The van der Waals surface area contributed by atoms with Crippen LogP contribution in [-0.4, -0.2) is 24.5 Å². The molecule has 0 spiro atoms.